The average molecular weight is 434 g/mol. The summed E-state index contributed by atoms with van der Waals surface area (Å²) in [6.07, 6.45) is -1.59. The van der Waals surface area contributed by atoms with E-state index in [2.05, 4.69) is 17.1 Å². The highest BCUT2D eigenvalue weighted by molar-refractivity contribution is 5.75. The van der Waals surface area contributed by atoms with Gasteiger partial charge in [0.05, 0.1) is 11.5 Å². The Labute approximate surface area is 178 Å². The number of hydrogen-bond donors (Lipinski definition) is 0. The van der Waals surface area contributed by atoms with Crippen LogP contribution in [0.3, 0.4) is 0 Å². The van der Waals surface area contributed by atoms with Gasteiger partial charge in [-0.05, 0) is 42.9 Å². The summed E-state index contributed by atoms with van der Waals surface area (Å²) in [5.74, 6) is 1.87. The van der Waals surface area contributed by atoms with Crippen LogP contribution in [0.5, 0.6) is 0 Å². The fourth-order valence-corrected chi connectivity index (χ4v) is 4.60. The van der Waals surface area contributed by atoms with Crippen molar-refractivity contribution < 1.29 is 22.5 Å². The van der Waals surface area contributed by atoms with Crippen LogP contribution in [0.1, 0.15) is 66.8 Å². The monoisotopic (exact) mass is 434 g/mol. The highest BCUT2D eigenvalue weighted by Gasteiger charge is 2.39. The van der Waals surface area contributed by atoms with Gasteiger partial charge in [-0.2, -0.15) is 18.2 Å². The van der Waals surface area contributed by atoms with Crippen LogP contribution in [0.4, 0.5) is 18.0 Å². The van der Waals surface area contributed by atoms with Gasteiger partial charge in [-0.15, -0.1) is 0 Å². The van der Waals surface area contributed by atoms with E-state index in [-0.39, 0.29) is 17.9 Å². The zero-order chi connectivity index (χ0) is 21.8. The number of carbonyl (C=O) groups is 1. The quantitative estimate of drug-likeness (QED) is 0.708. The maximum absolute atomic E-state index is 13.0. The minimum Gasteiger partial charge on any atom is -0.339 e. The molecule has 2 saturated heterocycles. The number of alkyl halides is 3. The van der Waals surface area contributed by atoms with Crippen molar-refractivity contribution in [1.82, 2.24) is 19.9 Å². The maximum atomic E-state index is 13.0. The molecule has 3 aliphatic rings. The average Bonchev–Trinajstić information content (AvgIpc) is 3.46. The van der Waals surface area contributed by atoms with Crippen LogP contribution in [-0.2, 0) is 6.18 Å². The summed E-state index contributed by atoms with van der Waals surface area (Å²) in [5.41, 5.74) is 0.117. The first-order valence-corrected chi connectivity index (χ1v) is 10.8. The lowest BCUT2D eigenvalue weighted by Gasteiger charge is -2.44. The highest BCUT2D eigenvalue weighted by Crippen LogP contribution is 2.41. The van der Waals surface area contributed by atoms with E-state index < -0.39 is 11.7 Å². The summed E-state index contributed by atoms with van der Waals surface area (Å²) >= 11 is 0. The van der Waals surface area contributed by atoms with Crippen molar-refractivity contribution in [2.75, 3.05) is 26.2 Å². The summed E-state index contributed by atoms with van der Waals surface area (Å²) in [6, 6.07) is 5.24. The topological polar surface area (TPSA) is 62.5 Å². The van der Waals surface area contributed by atoms with Gasteiger partial charge in [-0.1, -0.05) is 24.2 Å². The minimum atomic E-state index is -4.37. The van der Waals surface area contributed by atoms with E-state index in [1.807, 2.05) is 4.90 Å². The van der Waals surface area contributed by atoms with E-state index in [1.165, 1.54) is 12.1 Å². The Balaban J connectivity index is 1.38. The molecule has 5 rings (SSSR count). The molecule has 31 heavy (non-hydrogen) atoms. The largest absolute Gasteiger partial charge is 0.416 e. The van der Waals surface area contributed by atoms with Gasteiger partial charge < -0.3 is 14.3 Å². The Morgan fingerprint density at radius 1 is 1.00 bits per heavy atom. The van der Waals surface area contributed by atoms with Crippen LogP contribution in [0, 0.1) is 5.92 Å². The smallest absolute Gasteiger partial charge is 0.339 e. The Hall–Kier alpha value is -2.58. The van der Waals surface area contributed by atoms with E-state index in [4.69, 9.17) is 4.52 Å². The molecule has 3 fully saturated rings. The number of aromatic nitrogens is 2. The third-order valence-electron chi connectivity index (χ3n) is 6.51. The molecule has 1 aromatic heterocycles. The standard InChI is InChI=1S/C22H25F3N4O2/c1-13-9-28(10-13)21(30)29-11-16(14-4-6-18(7-5-14)22(23,24)25)8-17(12-29)20-26-19(27-31-20)15-2-3-15/h4-7,13,15-17H,2-3,8-12H2,1H3. The van der Waals surface area contributed by atoms with Crippen LogP contribution in [0.2, 0.25) is 0 Å². The number of benzene rings is 1. The molecular formula is C22H25F3N4O2. The molecule has 0 spiro atoms. The Morgan fingerprint density at radius 2 is 1.65 bits per heavy atom. The molecule has 2 aromatic rings. The van der Waals surface area contributed by atoms with Gasteiger partial charge in [0.15, 0.2) is 5.82 Å². The van der Waals surface area contributed by atoms with Gasteiger partial charge in [-0.25, -0.2) is 4.79 Å². The van der Waals surface area contributed by atoms with E-state index in [0.717, 1.165) is 49.5 Å². The fraction of sp³-hybridized carbons (Fsp3) is 0.591. The summed E-state index contributed by atoms with van der Waals surface area (Å²) in [7, 11) is 0. The molecule has 1 aliphatic carbocycles. The lowest BCUT2D eigenvalue weighted by molar-refractivity contribution is -0.137. The maximum Gasteiger partial charge on any atom is 0.416 e. The van der Waals surface area contributed by atoms with Crippen molar-refractivity contribution in [3.8, 4) is 0 Å². The second-order valence-electron chi connectivity index (χ2n) is 9.21. The highest BCUT2D eigenvalue weighted by atomic mass is 19.4. The molecule has 1 aromatic carbocycles. The van der Waals surface area contributed by atoms with Crippen molar-refractivity contribution in [3.63, 3.8) is 0 Å². The molecule has 1 saturated carbocycles. The third kappa shape index (κ3) is 4.14. The molecule has 0 bridgehead atoms. The summed E-state index contributed by atoms with van der Waals surface area (Å²) < 4.78 is 44.4. The normalized spacial score (nSPS) is 24.9. The number of piperidine rings is 1. The van der Waals surface area contributed by atoms with Crippen molar-refractivity contribution in [1.29, 1.82) is 0 Å². The number of halogens is 3. The molecule has 3 heterocycles. The first-order valence-electron chi connectivity index (χ1n) is 10.8. The zero-order valence-corrected chi connectivity index (χ0v) is 17.3. The van der Waals surface area contributed by atoms with Crippen LogP contribution in [0.25, 0.3) is 0 Å². The number of rotatable bonds is 3. The molecule has 2 aliphatic heterocycles. The van der Waals surface area contributed by atoms with Crippen molar-refractivity contribution in [3.05, 3.63) is 47.1 Å². The SMILES string of the molecule is CC1CN(C(=O)N2CC(c3ccc(C(F)(F)F)cc3)CC(c3nc(C4CC4)no3)C2)C1. The Morgan fingerprint density at radius 3 is 2.26 bits per heavy atom. The van der Waals surface area contributed by atoms with Gasteiger partial charge in [0, 0.05) is 38.0 Å². The number of carbonyl (C=O) groups excluding carboxylic acids is 1. The molecule has 2 atom stereocenters. The van der Waals surface area contributed by atoms with Crippen molar-refractivity contribution in [2.45, 2.75) is 50.1 Å². The molecular weight excluding hydrogens is 409 g/mol. The summed E-state index contributed by atoms with van der Waals surface area (Å²) in [4.78, 5) is 21.2. The number of likely N-dealkylation sites (tertiary alicyclic amines) is 2. The third-order valence-corrected chi connectivity index (χ3v) is 6.51. The van der Waals surface area contributed by atoms with Gasteiger partial charge in [0.1, 0.15) is 0 Å². The van der Waals surface area contributed by atoms with E-state index in [9.17, 15) is 18.0 Å². The van der Waals surface area contributed by atoms with E-state index in [0.29, 0.717) is 37.2 Å². The van der Waals surface area contributed by atoms with Crippen molar-refractivity contribution >= 4 is 6.03 Å². The van der Waals surface area contributed by atoms with Gasteiger partial charge >= 0.3 is 12.2 Å². The first-order chi connectivity index (χ1) is 14.8. The lowest BCUT2D eigenvalue weighted by atomic mass is 9.84. The van der Waals surface area contributed by atoms with Gasteiger partial charge in [-0.3, -0.25) is 0 Å². The van der Waals surface area contributed by atoms with Crippen molar-refractivity contribution in [2.24, 2.45) is 5.92 Å². The predicted molar refractivity (Wildman–Crippen MR) is 106 cm³/mol. The van der Waals surface area contributed by atoms with Crippen LogP contribution in [-0.4, -0.2) is 52.2 Å². The van der Waals surface area contributed by atoms with E-state index >= 15 is 0 Å². The zero-order valence-electron chi connectivity index (χ0n) is 17.3. The summed E-state index contributed by atoms with van der Waals surface area (Å²) in [5, 5.41) is 4.11. The number of amides is 2. The predicted octanol–water partition coefficient (Wildman–Crippen LogP) is 4.61. The second kappa shape index (κ2) is 7.53. The molecule has 2 amide bonds. The molecule has 2 unspecified atom stereocenters. The molecule has 166 valence electrons. The minimum absolute atomic E-state index is 0.0263. The molecule has 0 N–H and O–H groups in total. The molecule has 9 heteroatoms. The number of hydrogen-bond acceptors (Lipinski definition) is 4. The molecule has 0 radical (unpaired) electrons. The number of nitrogens with zero attached hydrogens (tertiary/aromatic N) is 4. The second-order valence-corrected chi connectivity index (χ2v) is 9.21. The summed E-state index contributed by atoms with van der Waals surface area (Å²) in [6.45, 7) is 4.52. The lowest BCUT2D eigenvalue weighted by Crippen LogP contribution is -2.56. The van der Waals surface area contributed by atoms with Gasteiger partial charge in [0.2, 0.25) is 5.89 Å². The fourth-order valence-electron chi connectivity index (χ4n) is 4.60. The van der Waals surface area contributed by atoms with Gasteiger partial charge in [0.25, 0.3) is 0 Å². The van der Waals surface area contributed by atoms with Crippen LogP contribution in [0.15, 0.2) is 28.8 Å². The molecule has 6 nitrogen and oxygen atoms in total. The van der Waals surface area contributed by atoms with E-state index in [1.54, 1.807) is 4.90 Å². The van der Waals surface area contributed by atoms with Crippen LogP contribution >= 0.6 is 0 Å². The Kier molecular flexibility index (Phi) is 4.94. The Bertz CT molecular complexity index is 948. The first kappa shape index (κ1) is 20.3. The van der Waals surface area contributed by atoms with Crippen LogP contribution < -0.4 is 0 Å². The number of urea groups is 1.